The highest BCUT2D eigenvalue weighted by molar-refractivity contribution is 14.1. The molecule has 0 fully saturated rings. The molecule has 0 aliphatic carbocycles. The molecule has 0 aliphatic heterocycles. The van der Waals surface area contributed by atoms with Gasteiger partial charge in [0.2, 0.25) is 5.91 Å². The highest BCUT2D eigenvalue weighted by Crippen LogP contribution is 2.36. The van der Waals surface area contributed by atoms with Gasteiger partial charge in [-0.3, -0.25) is 33.6 Å². The molecule has 41 heavy (non-hydrogen) atoms. The van der Waals surface area contributed by atoms with Crippen molar-refractivity contribution in [2.75, 3.05) is 31.7 Å². The molecule has 1 rings (SSSR count). The van der Waals surface area contributed by atoms with Gasteiger partial charge in [-0.05, 0) is 67.8 Å². The molecule has 0 atom stereocenters. The first-order chi connectivity index (χ1) is 19.0. The fraction of sp³-hybridized carbons (Fsp3) is 0.458. The molecule has 14 nitrogen and oxygen atoms in total. The van der Waals surface area contributed by atoms with Crippen molar-refractivity contribution in [3.63, 3.8) is 0 Å². The largest absolute Gasteiger partial charge is 0.464 e. The zero-order chi connectivity index (χ0) is 31.4. The van der Waals surface area contributed by atoms with Crippen LogP contribution in [0.5, 0.6) is 0 Å². The van der Waals surface area contributed by atoms with Gasteiger partial charge in [-0.1, -0.05) is 0 Å². The Morgan fingerprint density at radius 3 is 1.10 bits per heavy atom. The first-order valence-electron chi connectivity index (χ1n) is 11.7. The number of nitrogens with one attached hydrogen (secondary N) is 3. The minimum absolute atomic E-state index is 0.00712. The Bertz CT molecular complexity index is 1110. The van der Waals surface area contributed by atoms with Gasteiger partial charge >= 0.3 is 23.9 Å². The van der Waals surface area contributed by atoms with Crippen molar-refractivity contribution in [3.05, 3.63) is 21.8 Å². The van der Waals surface area contributed by atoms with E-state index in [1.54, 1.807) is 0 Å². The van der Waals surface area contributed by atoms with Crippen LogP contribution in [-0.4, -0.2) is 80.1 Å². The molecule has 0 bridgehead atoms. The average molecular weight is 915 g/mol. The summed E-state index contributed by atoms with van der Waals surface area (Å²) < 4.78 is 20.7. The van der Waals surface area contributed by atoms with Crippen LogP contribution in [0, 0.1) is 10.7 Å². The van der Waals surface area contributed by atoms with E-state index in [4.69, 9.17) is 18.9 Å². The van der Waals surface area contributed by atoms with Crippen LogP contribution in [-0.2, 0) is 42.9 Å². The lowest BCUT2D eigenvalue weighted by Crippen LogP contribution is -2.44. The minimum Gasteiger partial charge on any atom is -0.464 e. The minimum atomic E-state index is -0.931. The molecular formula is C24H28I3N3O11. The predicted molar refractivity (Wildman–Crippen MR) is 168 cm³/mol. The van der Waals surface area contributed by atoms with E-state index in [1.807, 2.05) is 67.8 Å². The highest BCUT2D eigenvalue weighted by Gasteiger charge is 2.31. The number of amides is 3. The maximum absolute atomic E-state index is 13.5. The van der Waals surface area contributed by atoms with Crippen molar-refractivity contribution in [1.82, 2.24) is 10.6 Å². The topological polar surface area (TPSA) is 192 Å². The summed E-state index contributed by atoms with van der Waals surface area (Å²) in [4.78, 5) is 84.3. The van der Waals surface area contributed by atoms with Crippen molar-refractivity contribution in [2.24, 2.45) is 0 Å². The molecule has 0 unspecified atom stereocenters. The van der Waals surface area contributed by atoms with Gasteiger partial charge in [0.05, 0.1) is 36.0 Å². The quantitative estimate of drug-likeness (QED) is 0.149. The fourth-order valence-electron chi connectivity index (χ4n) is 3.00. The molecule has 0 saturated heterocycles. The number of halogens is 3. The lowest BCUT2D eigenvalue weighted by Gasteiger charge is -2.23. The number of carbonyl (C=O) groups is 7. The Morgan fingerprint density at radius 2 is 0.854 bits per heavy atom. The molecule has 0 aliphatic rings. The summed E-state index contributed by atoms with van der Waals surface area (Å²) in [5.74, 6) is -4.36. The normalized spacial score (nSPS) is 10.5. The first-order valence-corrected chi connectivity index (χ1v) is 14.9. The second kappa shape index (κ2) is 17.6. The molecule has 17 heteroatoms. The number of carbonyl (C=O) groups excluding carboxylic acids is 7. The average Bonchev–Trinajstić information content (AvgIpc) is 2.84. The first kappa shape index (κ1) is 36.7. The van der Waals surface area contributed by atoms with Crippen molar-refractivity contribution in [1.29, 1.82) is 0 Å². The summed E-state index contributed by atoms with van der Waals surface area (Å²) in [5.41, 5.74) is 0.197. The van der Waals surface area contributed by atoms with Crippen LogP contribution >= 0.6 is 67.8 Å². The van der Waals surface area contributed by atoms with Gasteiger partial charge in [0, 0.05) is 38.2 Å². The van der Waals surface area contributed by atoms with Gasteiger partial charge in [-0.15, -0.1) is 0 Å². The summed E-state index contributed by atoms with van der Waals surface area (Å²) in [5, 5.41) is 7.90. The monoisotopic (exact) mass is 915 g/mol. The van der Waals surface area contributed by atoms with Crippen LogP contribution in [0.25, 0.3) is 0 Å². The fourth-order valence-corrected chi connectivity index (χ4v) is 7.41. The van der Waals surface area contributed by atoms with Crippen molar-refractivity contribution in [2.45, 2.75) is 46.7 Å². The van der Waals surface area contributed by atoms with Crippen LogP contribution < -0.4 is 16.0 Å². The molecule has 0 heterocycles. The van der Waals surface area contributed by atoms with Gasteiger partial charge in [-0.25, -0.2) is 0 Å². The van der Waals surface area contributed by atoms with E-state index in [1.165, 1.54) is 34.6 Å². The maximum Gasteiger partial charge on any atom is 0.302 e. The molecule has 3 amide bonds. The standard InChI is InChI=1S/C24H28I3N3O11/c1-10(31)28-22-20(26)17(23(36)29-15(6-38-11(2)32)7-39-12(3)33)19(25)18(21(22)27)24(37)30-16(8-40-13(4)34)9-41-14(5)35/h15-16H,6-9H2,1-5H3,(H,28,31)(H,29,36)(H,30,37). The summed E-state index contributed by atoms with van der Waals surface area (Å²) in [6.07, 6.45) is 0. The smallest absolute Gasteiger partial charge is 0.302 e. The third-order valence-electron chi connectivity index (χ3n) is 4.69. The third-order valence-corrected chi connectivity index (χ3v) is 7.93. The zero-order valence-corrected chi connectivity index (χ0v) is 29.1. The van der Waals surface area contributed by atoms with E-state index in [-0.39, 0.29) is 46.8 Å². The Labute approximate surface area is 276 Å². The van der Waals surface area contributed by atoms with Gasteiger partial charge in [-0.2, -0.15) is 0 Å². The van der Waals surface area contributed by atoms with Gasteiger partial charge in [0.1, 0.15) is 26.4 Å². The Kier molecular flexibility index (Phi) is 15.8. The lowest BCUT2D eigenvalue weighted by molar-refractivity contribution is -0.146. The molecule has 1 aromatic carbocycles. The zero-order valence-electron chi connectivity index (χ0n) is 22.6. The van der Waals surface area contributed by atoms with E-state index in [2.05, 4.69) is 16.0 Å². The number of ether oxygens (including phenoxy) is 4. The molecule has 0 spiro atoms. The maximum atomic E-state index is 13.5. The number of benzene rings is 1. The predicted octanol–water partition coefficient (Wildman–Crippen LogP) is 1.91. The van der Waals surface area contributed by atoms with Gasteiger partial charge < -0.3 is 34.9 Å². The van der Waals surface area contributed by atoms with Crippen molar-refractivity contribution in [3.8, 4) is 0 Å². The Hall–Kier alpha value is -2.30. The Balaban J connectivity index is 3.57. The van der Waals surface area contributed by atoms with E-state index >= 15 is 0 Å². The number of hydrogen-bond donors (Lipinski definition) is 3. The molecule has 3 N–H and O–H groups in total. The van der Waals surface area contributed by atoms with Crippen LogP contribution in [0.15, 0.2) is 0 Å². The number of hydrogen-bond acceptors (Lipinski definition) is 11. The van der Waals surface area contributed by atoms with Gasteiger partial charge in [0.25, 0.3) is 11.8 Å². The second-order valence-electron chi connectivity index (χ2n) is 8.30. The molecule has 0 radical (unpaired) electrons. The van der Waals surface area contributed by atoms with Crippen LogP contribution in [0.2, 0.25) is 0 Å². The molecular weight excluding hydrogens is 887 g/mol. The van der Waals surface area contributed by atoms with Crippen molar-refractivity contribution < 1.29 is 52.5 Å². The third kappa shape index (κ3) is 12.6. The summed E-state index contributed by atoms with van der Waals surface area (Å²) in [7, 11) is 0. The number of rotatable bonds is 13. The van der Waals surface area contributed by atoms with Gasteiger partial charge in [0.15, 0.2) is 0 Å². The summed E-state index contributed by atoms with van der Waals surface area (Å²) >= 11 is 5.52. The van der Waals surface area contributed by atoms with Crippen LogP contribution in [0.1, 0.15) is 55.3 Å². The highest BCUT2D eigenvalue weighted by atomic mass is 127. The summed E-state index contributed by atoms with van der Waals surface area (Å²) in [6.45, 7) is 4.76. The summed E-state index contributed by atoms with van der Waals surface area (Å²) in [6, 6.07) is -1.86. The SMILES string of the molecule is CC(=O)Nc1c(I)c(C(=O)NC(COC(C)=O)COC(C)=O)c(I)c(C(=O)NC(COC(C)=O)COC(C)=O)c1I. The van der Waals surface area contributed by atoms with Crippen LogP contribution in [0.3, 0.4) is 0 Å². The van der Waals surface area contributed by atoms with E-state index in [0.717, 1.165) is 0 Å². The molecule has 226 valence electrons. The number of esters is 4. The lowest BCUT2D eigenvalue weighted by atomic mass is 10.1. The Morgan fingerprint density at radius 1 is 0.561 bits per heavy atom. The van der Waals surface area contributed by atoms with Crippen LogP contribution in [0.4, 0.5) is 5.69 Å². The number of anilines is 1. The molecule has 1 aromatic rings. The van der Waals surface area contributed by atoms with E-state index in [0.29, 0.717) is 7.14 Å². The van der Waals surface area contributed by atoms with E-state index in [9.17, 15) is 33.6 Å². The van der Waals surface area contributed by atoms with E-state index < -0.39 is 53.7 Å². The molecule has 0 aromatic heterocycles. The van der Waals surface area contributed by atoms with Crippen molar-refractivity contribution >= 4 is 115 Å². The molecule has 0 saturated carbocycles. The second-order valence-corrected chi connectivity index (χ2v) is 11.5.